The highest BCUT2D eigenvalue weighted by molar-refractivity contribution is 6.13. The molecule has 0 amide bonds. The zero-order valence-electron chi connectivity index (χ0n) is 5.18. The highest BCUT2D eigenvalue weighted by Gasteiger charge is 2.22. The third-order valence-electron chi connectivity index (χ3n) is 1.45. The Bertz CT molecular complexity index is 74.5. The average molecular weight is 132 g/mol. The lowest BCUT2D eigenvalue weighted by atomic mass is 10.2. The fourth-order valence-electron chi connectivity index (χ4n) is 0.919. The summed E-state index contributed by atoms with van der Waals surface area (Å²) >= 11 is 0. The normalized spacial score (nSPS) is 40.1. The molecule has 0 bridgehead atoms. The molecule has 0 aliphatic carbocycles. The molecule has 1 N–H and O–H groups in total. The fraction of sp³-hybridized carbons (Fsp3) is 1.00. The van der Waals surface area contributed by atoms with Gasteiger partial charge < -0.3 is 9.84 Å². The molecule has 1 rings (SSSR count). The maximum absolute atomic E-state index is 9.21. The standard InChI is InChI=1S/C5H12O2Si/c6-5(8)3-1-2-4-7-5/h6H,1-4H2,8H3. The molecule has 0 aromatic rings. The highest BCUT2D eigenvalue weighted by Crippen LogP contribution is 2.17. The van der Waals surface area contributed by atoms with Crippen LogP contribution in [-0.4, -0.2) is 27.4 Å². The molecule has 1 aliphatic rings. The second-order valence-electron chi connectivity index (χ2n) is 2.48. The molecule has 48 valence electrons. The predicted octanol–water partition coefficient (Wildman–Crippen LogP) is -0.802. The van der Waals surface area contributed by atoms with Gasteiger partial charge in [-0.05, 0) is 19.3 Å². The van der Waals surface area contributed by atoms with Gasteiger partial charge in [-0.2, -0.15) is 0 Å². The van der Waals surface area contributed by atoms with Gasteiger partial charge in [0, 0.05) is 6.61 Å². The number of aliphatic hydroxyl groups is 1. The van der Waals surface area contributed by atoms with Crippen LogP contribution in [0.1, 0.15) is 19.3 Å². The van der Waals surface area contributed by atoms with E-state index in [0.717, 1.165) is 36.1 Å². The van der Waals surface area contributed by atoms with Gasteiger partial charge in [-0.1, -0.05) is 0 Å². The Morgan fingerprint density at radius 1 is 1.50 bits per heavy atom. The van der Waals surface area contributed by atoms with Crippen LogP contribution in [0, 0.1) is 0 Å². The van der Waals surface area contributed by atoms with Crippen molar-refractivity contribution in [2.75, 3.05) is 6.61 Å². The van der Waals surface area contributed by atoms with Crippen LogP contribution in [0.25, 0.3) is 0 Å². The topological polar surface area (TPSA) is 29.5 Å². The van der Waals surface area contributed by atoms with E-state index in [1.165, 1.54) is 0 Å². The van der Waals surface area contributed by atoms with Crippen LogP contribution >= 0.6 is 0 Å². The van der Waals surface area contributed by atoms with Gasteiger partial charge in [0.2, 0.25) is 0 Å². The Morgan fingerprint density at radius 2 is 2.25 bits per heavy atom. The lowest BCUT2D eigenvalue weighted by molar-refractivity contribution is -0.161. The van der Waals surface area contributed by atoms with E-state index >= 15 is 0 Å². The Morgan fingerprint density at radius 3 is 2.50 bits per heavy atom. The van der Waals surface area contributed by atoms with Crippen LogP contribution < -0.4 is 0 Å². The van der Waals surface area contributed by atoms with Crippen molar-refractivity contribution in [2.24, 2.45) is 0 Å². The molecule has 1 fully saturated rings. The molecule has 0 spiro atoms. The van der Waals surface area contributed by atoms with Gasteiger partial charge in [0.05, 0.1) is 10.2 Å². The number of rotatable bonds is 0. The molecule has 0 radical (unpaired) electrons. The smallest absolute Gasteiger partial charge is 0.138 e. The minimum atomic E-state index is -0.682. The molecule has 1 aliphatic heterocycles. The zero-order valence-corrected chi connectivity index (χ0v) is 7.18. The molecular weight excluding hydrogens is 120 g/mol. The Balaban J connectivity index is 2.33. The zero-order chi connectivity index (χ0) is 6.04. The van der Waals surface area contributed by atoms with Crippen LogP contribution in [0.5, 0.6) is 0 Å². The van der Waals surface area contributed by atoms with Gasteiger partial charge in [-0.15, -0.1) is 0 Å². The van der Waals surface area contributed by atoms with E-state index in [4.69, 9.17) is 4.74 Å². The van der Waals surface area contributed by atoms with Crippen molar-refractivity contribution in [3.8, 4) is 0 Å². The van der Waals surface area contributed by atoms with Crippen LogP contribution in [0.2, 0.25) is 0 Å². The van der Waals surface area contributed by atoms with E-state index in [1.807, 2.05) is 0 Å². The summed E-state index contributed by atoms with van der Waals surface area (Å²) in [5.41, 5.74) is -0.682. The number of ether oxygens (including phenoxy) is 1. The van der Waals surface area contributed by atoms with Crippen molar-refractivity contribution in [1.82, 2.24) is 0 Å². The number of hydrogen-bond donors (Lipinski definition) is 1. The average Bonchev–Trinajstić information content (AvgIpc) is 1.65. The molecule has 0 saturated carbocycles. The first kappa shape index (κ1) is 6.26. The summed E-state index contributed by atoms with van der Waals surface area (Å²) in [6.07, 6.45) is 3.09. The molecule has 1 heterocycles. The van der Waals surface area contributed by atoms with Gasteiger partial charge in [-0.3, -0.25) is 0 Å². The van der Waals surface area contributed by atoms with E-state index < -0.39 is 5.41 Å². The van der Waals surface area contributed by atoms with Crippen LogP contribution in [0.3, 0.4) is 0 Å². The fourth-order valence-corrected chi connectivity index (χ4v) is 1.48. The second kappa shape index (κ2) is 2.17. The SMILES string of the molecule is OC1([SiH3])CCCCO1. The molecule has 0 aromatic carbocycles. The monoisotopic (exact) mass is 132 g/mol. The maximum atomic E-state index is 9.21. The van der Waals surface area contributed by atoms with Gasteiger partial charge in [-0.25, -0.2) is 0 Å². The quantitative estimate of drug-likeness (QED) is 0.437. The van der Waals surface area contributed by atoms with Crippen LogP contribution in [-0.2, 0) is 4.74 Å². The Hall–Kier alpha value is 0.137. The van der Waals surface area contributed by atoms with Crippen molar-refractivity contribution in [3.63, 3.8) is 0 Å². The molecule has 3 heteroatoms. The van der Waals surface area contributed by atoms with Crippen LogP contribution in [0.15, 0.2) is 0 Å². The molecule has 8 heavy (non-hydrogen) atoms. The van der Waals surface area contributed by atoms with Crippen LogP contribution in [0.4, 0.5) is 0 Å². The van der Waals surface area contributed by atoms with Crippen molar-refractivity contribution < 1.29 is 9.84 Å². The molecule has 2 nitrogen and oxygen atoms in total. The summed E-state index contributed by atoms with van der Waals surface area (Å²) < 4.78 is 5.08. The third-order valence-corrected chi connectivity index (χ3v) is 2.24. The Labute approximate surface area is 52.3 Å². The molecule has 1 unspecified atom stereocenters. The van der Waals surface area contributed by atoms with E-state index in [2.05, 4.69) is 0 Å². The highest BCUT2D eigenvalue weighted by atomic mass is 28.1. The summed E-state index contributed by atoms with van der Waals surface area (Å²) in [7, 11) is 0.743. The van der Waals surface area contributed by atoms with Crippen molar-refractivity contribution in [1.29, 1.82) is 0 Å². The summed E-state index contributed by atoms with van der Waals surface area (Å²) in [5, 5.41) is 9.21. The summed E-state index contributed by atoms with van der Waals surface area (Å²) in [5.74, 6) is 0. The first-order valence-corrected chi connectivity index (χ1v) is 4.07. The van der Waals surface area contributed by atoms with Gasteiger partial charge in [0.15, 0.2) is 0 Å². The predicted molar refractivity (Wildman–Crippen MR) is 34.7 cm³/mol. The first-order chi connectivity index (χ1) is 3.71. The van der Waals surface area contributed by atoms with E-state index in [0.29, 0.717) is 0 Å². The largest absolute Gasteiger partial charge is 0.370 e. The number of hydrogen-bond acceptors (Lipinski definition) is 2. The van der Waals surface area contributed by atoms with Crippen molar-refractivity contribution in [3.05, 3.63) is 0 Å². The van der Waals surface area contributed by atoms with Crippen molar-refractivity contribution in [2.45, 2.75) is 24.7 Å². The summed E-state index contributed by atoms with van der Waals surface area (Å²) in [6.45, 7) is 0.750. The third kappa shape index (κ3) is 1.58. The van der Waals surface area contributed by atoms with Gasteiger partial charge in [0.25, 0.3) is 0 Å². The summed E-state index contributed by atoms with van der Waals surface area (Å²) in [4.78, 5) is 0. The second-order valence-corrected chi connectivity index (χ2v) is 4.04. The van der Waals surface area contributed by atoms with Gasteiger partial charge in [0.1, 0.15) is 5.41 Å². The van der Waals surface area contributed by atoms with Crippen molar-refractivity contribution >= 4 is 10.2 Å². The molecule has 1 saturated heterocycles. The minimum absolute atomic E-state index is 0.682. The van der Waals surface area contributed by atoms with E-state index in [-0.39, 0.29) is 0 Å². The van der Waals surface area contributed by atoms with E-state index in [1.54, 1.807) is 0 Å². The van der Waals surface area contributed by atoms with Gasteiger partial charge >= 0.3 is 0 Å². The minimum Gasteiger partial charge on any atom is -0.370 e. The van der Waals surface area contributed by atoms with E-state index in [9.17, 15) is 5.11 Å². The molecule has 1 atom stereocenters. The molecular formula is C5H12O2Si. The Kier molecular flexibility index (Phi) is 1.70. The summed E-state index contributed by atoms with van der Waals surface area (Å²) in [6, 6.07) is 0. The maximum Gasteiger partial charge on any atom is 0.138 e. The lowest BCUT2D eigenvalue weighted by Gasteiger charge is -2.28. The molecule has 0 aromatic heterocycles. The first-order valence-electron chi connectivity index (χ1n) is 3.07. The lowest BCUT2D eigenvalue weighted by Crippen LogP contribution is -2.36.